The molecule has 0 atom stereocenters. The van der Waals surface area contributed by atoms with E-state index in [1.807, 2.05) is 0 Å². The van der Waals surface area contributed by atoms with Gasteiger partial charge in [0.05, 0.1) is 5.39 Å². The first-order valence-electron chi connectivity index (χ1n) is 13.0. The summed E-state index contributed by atoms with van der Waals surface area (Å²) in [5.74, 6) is -1.01. The molecule has 0 unspecified atom stereocenters. The van der Waals surface area contributed by atoms with Crippen molar-refractivity contribution < 1.29 is 22.8 Å². The first kappa shape index (κ1) is 26.9. The van der Waals surface area contributed by atoms with Crippen LogP contribution in [-0.2, 0) is 19.6 Å². The number of fused-ring (bicyclic) bond motifs is 2. The van der Waals surface area contributed by atoms with Crippen LogP contribution in [0.2, 0.25) is 0 Å². The van der Waals surface area contributed by atoms with Crippen LogP contribution >= 0.6 is 0 Å². The number of anilines is 2. The van der Waals surface area contributed by atoms with Crippen LogP contribution in [0.25, 0.3) is 27.8 Å². The number of hydrogen-bond acceptors (Lipinski definition) is 6. The van der Waals surface area contributed by atoms with Crippen molar-refractivity contribution in [1.29, 1.82) is 0 Å². The number of carbonyl (C=O) groups excluding carboxylic acids is 2. The van der Waals surface area contributed by atoms with Crippen LogP contribution in [0.5, 0.6) is 0 Å². The van der Waals surface area contributed by atoms with Gasteiger partial charge in [-0.05, 0) is 48.7 Å². The number of pyridine rings is 1. The van der Waals surface area contributed by atoms with E-state index in [9.17, 15) is 27.6 Å². The first-order chi connectivity index (χ1) is 20.1. The first-order valence-corrected chi connectivity index (χ1v) is 13.0. The van der Waals surface area contributed by atoms with Crippen molar-refractivity contribution in [1.82, 2.24) is 19.1 Å². The number of hydrogen-bond donors (Lipinski definition) is 2. The number of Topliss-reactive ketones (excluding diaryl/α,β-unsaturated/α-hetero) is 1. The molecule has 12 heteroatoms. The van der Waals surface area contributed by atoms with Gasteiger partial charge in [0, 0.05) is 41.7 Å². The number of ketones is 1. The van der Waals surface area contributed by atoms with Crippen molar-refractivity contribution in [3.05, 3.63) is 99.9 Å². The molecule has 0 aliphatic heterocycles. The van der Waals surface area contributed by atoms with Gasteiger partial charge in [-0.15, -0.1) is 0 Å². The normalized spacial score (nSPS) is 13.3. The number of para-hydroxylation sites is 1. The Morgan fingerprint density at radius 2 is 1.71 bits per heavy atom. The Hall–Kier alpha value is -5.26. The smallest absolute Gasteiger partial charge is 0.383 e. The van der Waals surface area contributed by atoms with E-state index in [0.29, 0.717) is 36.2 Å². The van der Waals surface area contributed by atoms with Gasteiger partial charge in [0.25, 0.3) is 11.5 Å². The van der Waals surface area contributed by atoms with E-state index < -0.39 is 23.3 Å². The zero-order valence-corrected chi connectivity index (χ0v) is 22.2. The molecule has 42 heavy (non-hydrogen) atoms. The summed E-state index contributed by atoms with van der Waals surface area (Å²) in [5, 5.41) is 2.70. The minimum atomic E-state index is -4.72. The van der Waals surface area contributed by atoms with E-state index in [0.717, 1.165) is 10.9 Å². The molecular weight excluding hydrogens is 549 g/mol. The van der Waals surface area contributed by atoms with E-state index in [-0.39, 0.29) is 45.0 Å². The number of benzene rings is 2. The fraction of sp³-hybridized carbons (Fsp3) is 0.167. The van der Waals surface area contributed by atoms with E-state index >= 15 is 0 Å². The molecule has 212 valence electrons. The number of carbonyl (C=O) groups is 2. The van der Waals surface area contributed by atoms with Crippen molar-refractivity contribution in [2.45, 2.75) is 25.4 Å². The molecule has 1 aliphatic rings. The van der Waals surface area contributed by atoms with Crippen LogP contribution in [0, 0.1) is 0 Å². The summed E-state index contributed by atoms with van der Waals surface area (Å²) in [6, 6.07) is 15.7. The second-order valence-electron chi connectivity index (χ2n) is 9.94. The number of nitrogens with zero attached hydrogens (tertiary/aromatic N) is 4. The Labute approximate surface area is 236 Å². The highest BCUT2D eigenvalue weighted by molar-refractivity contribution is 6.07. The van der Waals surface area contributed by atoms with Crippen LogP contribution in [0.3, 0.4) is 0 Å². The van der Waals surface area contributed by atoms with Gasteiger partial charge in [-0.3, -0.25) is 19.0 Å². The Balaban J connectivity index is 1.39. The Kier molecular flexibility index (Phi) is 6.40. The molecule has 0 bridgehead atoms. The summed E-state index contributed by atoms with van der Waals surface area (Å²) in [7, 11) is 1.25. The summed E-state index contributed by atoms with van der Waals surface area (Å²) in [6.45, 7) is 0. The topological polar surface area (TPSA) is 125 Å². The highest BCUT2D eigenvalue weighted by Crippen LogP contribution is 2.44. The zero-order chi connectivity index (χ0) is 29.8. The second kappa shape index (κ2) is 9.98. The predicted molar refractivity (Wildman–Crippen MR) is 151 cm³/mol. The summed E-state index contributed by atoms with van der Waals surface area (Å²) in [5.41, 5.74) is 5.88. The lowest BCUT2D eigenvalue weighted by molar-refractivity contribution is -0.142. The summed E-state index contributed by atoms with van der Waals surface area (Å²) < 4.78 is 44.7. The molecule has 1 amide bonds. The van der Waals surface area contributed by atoms with Crippen molar-refractivity contribution in [3.8, 4) is 16.8 Å². The molecule has 0 radical (unpaired) electrons. The molecule has 3 N–H and O–H groups in total. The number of nitrogens with one attached hydrogen (secondary N) is 1. The van der Waals surface area contributed by atoms with E-state index in [1.54, 1.807) is 30.3 Å². The third-order valence-electron chi connectivity index (χ3n) is 7.38. The van der Waals surface area contributed by atoms with E-state index in [4.69, 9.17) is 5.73 Å². The number of aromatic nitrogens is 4. The van der Waals surface area contributed by atoms with Gasteiger partial charge in [-0.1, -0.05) is 30.3 Å². The van der Waals surface area contributed by atoms with E-state index in [2.05, 4.69) is 15.3 Å². The molecular formula is C30H23F3N6O3. The molecule has 1 aliphatic carbocycles. The Morgan fingerprint density at radius 3 is 2.40 bits per heavy atom. The number of halogens is 3. The maximum atomic E-state index is 14.1. The van der Waals surface area contributed by atoms with Crippen molar-refractivity contribution >= 4 is 34.2 Å². The highest BCUT2D eigenvalue weighted by atomic mass is 19.4. The lowest BCUT2D eigenvalue weighted by Crippen LogP contribution is -2.33. The van der Waals surface area contributed by atoms with Crippen LogP contribution in [0.4, 0.5) is 24.7 Å². The minimum Gasteiger partial charge on any atom is -0.383 e. The number of alkyl halides is 3. The van der Waals surface area contributed by atoms with Crippen LogP contribution in [0.15, 0.2) is 71.8 Å². The van der Waals surface area contributed by atoms with E-state index in [1.165, 1.54) is 41.9 Å². The summed E-state index contributed by atoms with van der Waals surface area (Å²) in [6.07, 6.45) is -2.20. The fourth-order valence-electron chi connectivity index (χ4n) is 5.51. The molecule has 0 spiro atoms. The maximum Gasteiger partial charge on any atom is 0.432 e. The second-order valence-corrected chi connectivity index (χ2v) is 9.94. The molecule has 2 aromatic carbocycles. The number of nitrogens with two attached hydrogens (primary N) is 1. The molecule has 9 nitrogen and oxygen atoms in total. The minimum absolute atomic E-state index is 0.0267. The van der Waals surface area contributed by atoms with Gasteiger partial charge in [-0.2, -0.15) is 13.2 Å². The van der Waals surface area contributed by atoms with Gasteiger partial charge in [0.2, 0.25) is 0 Å². The fourth-order valence-corrected chi connectivity index (χ4v) is 5.51. The number of nitrogen functional groups attached to an aromatic ring is 1. The average Bonchev–Trinajstić information content (AvgIpc) is 3.27. The number of rotatable bonds is 4. The van der Waals surface area contributed by atoms with Crippen molar-refractivity contribution in [2.75, 3.05) is 11.1 Å². The molecule has 6 rings (SSSR count). The molecule has 5 aromatic rings. The average molecular weight is 573 g/mol. The maximum absolute atomic E-state index is 14.1. The Bertz CT molecular complexity index is 1940. The monoisotopic (exact) mass is 572 g/mol. The number of amides is 1. The Morgan fingerprint density at radius 1 is 1.00 bits per heavy atom. The van der Waals surface area contributed by atoms with Gasteiger partial charge < -0.3 is 15.6 Å². The SMILES string of the molecule is Cn1c(C(F)(F)F)c(-c2ccc(NC(=O)c3cc4c(n(-c5ccccc5)c3=O)CCCC4=O)cc2)c2c(N)ncnc21. The predicted octanol–water partition coefficient (Wildman–Crippen LogP) is 5.16. The molecule has 0 fully saturated rings. The number of aryl methyl sites for hydroxylation is 1. The molecule has 3 heterocycles. The van der Waals surface area contributed by atoms with Crippen molar-refractivity contribution in [3.63, 3.8) is 0 Å². The molecule has 0 saturated heterocycles. The molecule has 0 saturated carbocycles. The van der Waals surface area contributed by atoms with Crippen LogP contribution in [0.1, 0.15) is 44.9 Å². The third-order valence-corrected chi connectivity index (χ3v) is 7.38. The third kappa shape index (κ3) is 4.41. The standard InChI is InChI=1S/C30H23F3N6O3/c1-38-25(30(31,32)33)23(24-26(34)35-15-36-27(24)38)16-10-12-17(13-11-16)37-28(41)20-14-19-21(8-5-9-22(19)40)39(29(20)42)18-6-3-2-4-7-18/h2-4,6-7,10-15H,5,8-9H2,1H3,(H,37,41)(H2,34,35,36). The summed E-state index contributed by atoms with van der Waals surface area (Å²) >= 11 is 0. The largest absolute Gasteiger partial charge is 0.432 e. The van der Waals surface area contributed by atoms with Crippen LogP contribution in [-0.4, -0.2) is 30.8 Å². The quantitative estimate of drug-likeness (QED) is 0.307. The van der Waals surface area contributed by atoms with Gasteiger partial charge in [0.15, 0.2) is 5.78 Å². The lowest BCUT2D eigenvalue weighted by Gasteiger charge is -2.21. The zero-order valence-electron chi connectivity index (χ0n) is 22.2. The van der Waals surface area contributed by atoms with Crippen molar-refractivity contribution in [2.24, 2.45) is 7.05 Å². The molecule has 3 aromatic heterocycles. The lowest BCUT2D eigenvalue weighted by atomic mass is 9.92. The van der Waals surface area contributed by atoms with Crippen LogP contribution < -0.4 is 16.6 Å². The highest BCUT2D eigenvalue weighted by Gasteiger charge is 2.40. The van der Waals surface area contributed by atoms with Gasteiger partial charge in [0.1, 0.15) is 29.0 Å². The van der Waals surface area contributed by atoms with Gasteiger partial charge in [-0.25, -0.2) is 9.97 Å². The summed E-state index contributed by atoms with van der Waals surface area (Å²) in [4.78, 5) is 47.5. The van der Waals surface area contributed by atoms with Gasteiger partial charge >= 0.3 is 6.18 Å².